The molecule has 1 fully saturated rings. The predicted molar refractivity (Wildman–Crippen MR) is 131 cm³/mol. The monoisotopic (exact) mass is 455 g/mol. The molecular formula is C29H29NO4. The molecule has 0 radical (unpaired) electrons. The van der Waals surface area contributed by atoms with E-state index in [4.69, 9.17) is 4.74 Å². The highest BCUT2D eigenvalue weighted by molar-refractivity contribution is 5.79. The van der Waals surface area contributed by atoms with Crippen molar-refractivity contribution in [2.75, 3.05) is 19.7 Å². The van der Waals surface area contributed by atoms with Gasteiger partial charge in [-0.3, -0.25) is 4.79 Å². The molecule has 1 amide bonds. The van der Waals surface area contributed by atoms with Gasteiger partial charge in [0, 0.05) is 24.9 Å². The Bertz CT molecular complexity index is 1170. The number of amides is 1. The van der Waals surface area contributed by atoms with Crippen LogP contribution >= 0.6 is 0 Å². The number of ether oxygens (including phenoxy) is 1. The summed E-state index contributed by atoms with van der Waals surface area (Å²) in [5.41, 5.74) is 6.83. The van der Waals surface area contributed by atoms with E-state index in [0.717, 1.165) is 16.7 Å². The van der Waals surface area contributed by atoms with Crippen LogP contribution in [0, 0.1) is 5.92 Å². The van der Waals surface area contributed by atoms with Gasteiger partial charge in [0.2, 0.25) is 0 Å². The molecule has 3 aromatic rings. The molecule has 0 aromatic heterocycles. The van der Waals surface area contributed by atoms with Gasteiger partial charge in [0.05, 0.1) is 5.92 Å². The first-order valence-corrected chi connectivity index (χ1v) is 11.9. The van der Waals surface area contributed by atoms with Gasteiger partial charge in [0.15, 0.2) is 0 Å². The van der Waals surface area contributed by atoms with E-state index in [-0.39, 0.29) is 25.0 Å². The number of rotatable bonds is 5. The molecule has 1 saturated heterocycles. The molecule has 1 N–H and O–H groups in total. The average molecular weight is 456 g/mol. The molecule has 2 aliphatic rings. The first kappa shape index (κ1) is 22.2. The number of carbonyl (C=O) groups is 2. The molecule has 5 nitrogen and oxygen atoms in total. The van der Waals surface area contributed by atoms with Crippen LogP contribution in [0.5, 0.6) is 0 Å². The molecule has 0 saturated carbocycles. The maximum atomic E-state index is 13.0. The summed E-state index contributed by atoms with van der Waals surface area (Å²) in [7, 11) is 0. The van der Waals surface area contributed by atoms with Gasteiger partial charge in [-0.05, 0) is 39.3 Å². The molecular weight excluding hydrogens is 426 g/mol. The van der Waals surface area contributed by atoms with Gasteiger partial charge in [-0.2, -0.15) is 0 Å². The Kier molecular flexibility index (Phi) is 5.86. The van der Waals surface area contributed by atoms with Crippen LogP contribution in [-0.2, 0) is 9.53 Å². The third kappa shape index (κ3) is 3.96. The quantitative estimate of drug-likeness (QED) is 0.523. The zero-order chi connectivity index (χ0) is 23.8. The Labute approximate surface area is 200 Å². The fourth-order valence-electron chi connectivity index (χ4n) is 5.35. The SMILES string of the molecule is CC(C)c1ccc([C@@H]2CN(C(=O)OCC3c4ccccc4-c4ccccc43)C[C@H]2C(=O)O)cc1. The maximum Gasteiger partial charge on any atom is 0.409 e. The van der Waals surface area contributed by atoms with E-state index in [0.29, 0.717) is 12.5 Å². The number of carboxylic acid groups (broad SMARTS) is 1. The Balaban J connectivity index is 1.30. The van der Waals surface area contributed by atoms with Crippen LogP contribution < -0.4 is 0 Å². The number of hydrogen-bond acceptors (Lipinski definition) is 3. The third-order valence-corrected chi connectivity index (χ3v) is 7.26. The van der Waals surface area contributed by atoms with Crippen molar-refractivity contribution in [3.63, 3.8) is 0 Å². The molecule has 0 bridgehead atoms. The van der Waals surface area contributed by atoms with Gasteiger partial charge in [-0.15, -0.1) is 0 Å². The fourth-order valence-corrected chi connectivity index (χ4v) is 5.35. The first-order valence-electron chi connectivity index (χ1n) is 11.9. The summed E-state index contributed by atoms with van der Waals surface area (Å²) in [6, 6.07) is 24.5. The molecule has 174 valence electrons. The molecule has 5 rings (SSSR count). The van der Waals surface area contributed by atoms with Gasteiger partial charge in [0.1, 0.15) is 6.61 Å². The van der Waals surface area contributed by atoms with Gasteiger partial charge in [0.25, 0.3) is 0 Å². The lowest BCUT2D eigenvalue weighted by atomic mass is 9.88. The lowest BCUT2D eigenvalue weighted by Gasteiger charge is -2.19. The number of nitrogens with zero attached hydrogens (tertiary/aromatic N) is 1. The van der Waals surface area contributed by atoms with Crippen molar-refractivity contribution >= 4 is 12.1 Å². The standard InChI is InChI=1S/C29H29NO4/c1-18(2)19-11-13-20(14-12-19)25-15-30(16-26(25)28(31)32)29(33)34-17-27-23-9-5-3-7-21(23)22-8-4-6-10-24(22)27/h3-14,18,25-27H,15-17H2,1-2H3,(H,31,32)/t25-,26+/m0/s1. The molecule has 2 atom stereocenters. The second kappa shape index (κ2) is 8.98. The summed E-state index contributed by atoms with van der Waals surface area (Å²) in [4.78, 5) is 26.6. The molecule has 3 aromatic carbocycles. The van der Waals surface area contributed by atoms with Crippen LogP contribution in [-0.4, -0.2) is 41.8 Å². The highest BCUT2D eigenvalue weighted by Crippen LogP contribution is 2.44. The van der Waals surface area contributed by atoms with Crippen LogP contribution in [0.25, 0.3) is 11.1 Å². The maximum absolute atomic E-state index is 13.0. The number of hydrogen-bond donors (Lipinski definition) is 1. The van der Waals surface area contributed by atoms with E-state index >= 15 is 0 Å². The van der Waals surface area contributed by atoms with Gasteiger partial charge in [-0.1, -0.05) is 86.6 Å². The lowest BCUT2D eigenvalue weighted by Crippen LogP contribution is -2.31. The van der Waals surface area contributed by atoms with Crippen molar-refractivity contribution in [3.8, 4) is 11.1 Å². The summed E-state index contributed by atoms with van der Waals surface area (Å²) < 4.78 is 5.78. The summed E-state index contributed by atoms with van der Waals surface area (Å²) in [6.07, 6.45) is -0.450. The minimum atomic E-state index is -0.883. The number of carbonyl (C=O) groups excluding carboxylic acids is 1. The smallest absolute Gasteiger partial charge is 0.409 e. The largest absolute Gasteiger partial charge is 0.481 e. The Morgan fingerprint density at radius 1 is 0.912 bits per heavy atom. The summed E-state index contributed by atoms with van der Waals surface area (Å²) in [5.74, 6) is -1.39. The minimum Gasteiger partial charge on any atom is -0.481 e. The highest BCUT2D eigenvalue weighted by Gasteiger charge is 2.41. The highest BCUT2D eigenvalue weighted by atomic mass is 16.6. The van der Waals surface area contributed by atoms with Crippen LogP contribution in [0.2, 0.25) is 0 Å². The number of fused-ring (bicyclic) bond motifs is 3. The molecule has 0 spiro atoms. The second-order valence-corrected chi connectivity index (χ2v) is 9.58. The van der Waals surface area contributed by atoms with E-state index in [1.807, 2.05) is 36.4 Å². The predicted octanol–water partition coefficient (Wildman–Crippen LogP) is 5.86. The second-order valence-electron chi connectivity index (χ2n) is 9.58. The number of carboxylic acids is 1. The molecule has 0 unspecified atom stereocenters. The molecule has 1 aliphatic carbocycles. The van der Waals surface area contributed by atoms with Crippen LogP contribution in [0.15, 0.2) is 72.8 Å². The van der Waals surface area contributed by atoms with E-state index in [1.54, 1.807) is 4.90 Å². The Hall–Kier alpha value is -3.60. The number of likely N-dealkylation sites (tertiary alicyclic amines) is 1. The molecule has 34 heavy (non-hydrogen) atoms. The zero-order valence-corrected chi connectivity index (χ0v) is 19.5. The molecule has 1 heterocycles. The van der Waals surface area contributed by atoms with Crippen molar-refractivity contribution in [1.82, 2.24) is 4.90 Å². The van der Waals surface area contributed by atoms with Crippen LogP contribution in [0.3, 0.4) is 0 Å². The van der Waals surface area contributed by atoms with E-state index in [2.05, 4.69) is 50.2 Å². The topological polar surface area (TPSA) is 66.8 Å². The van der Waals surface area contributed by atoms with Crippen molar-refractivity contribution < 1.29 is 19.4 Å². The van der Waals surface area contributed by atoms with E-state index in [9.17, 15) is 14.7 Å². The van der Waals surface area contributed by atoms with Crippen molar-refractivity contribution in [2.24, 2.45) is 5.92 Å². The van der Waals surface area contributed by atoms with E-state index < -0.39 is 18.0 Å². The van der Waals surface area contributed by atoms with Gasteiger partial charge in [-0.25, -0.2) is 4.79 Å². The Morgan fingerprint density at radius 3 is 2.06 bits per heavy atom. The number of aliphatic carboxylic acids is 1. The fraction of sp³-hybridized carbons (Fsp3) is 0.310. The summed E-state index contributed by atoms with van der Waals surface area (Å²) in [5, 5.41) is 9.83. The average Bonchev–Trinajstić information content (AvgIpc) is 3.43. The van der Waals surface area contributed by atoms with Crippen LogP contribution in [0.4, 0.5) is 4.79 Å². The Morgan fingerprint density at radius 2 is 1.50 bits per heavy atom. The summed E-state index contributed by atoms with van der Waals surface area (Å²) in [6.45, 7) is 4.99. The van der Waals surface area contributed by atoms with E-state index in [1.165, 1.54) is 16.7 Å². The van der Waals surface area contributed by atoms with Gasteiger partial charge < -0.3 is 14.7 Å². The summed E-state index contributed by atoms with van der Waals surface area (Å²) >= 11 is 0. The zero-order valence-electron chi connectivity index (χ0n) is 19.5. The first-order chi connectivity index (χ1) is 16.4. The van der Waals surface area contributed by atoms with Crippen molar-refractivity contribution in [3.05, 3.63) is 95.1 Å². The van der Waals surface area contributed by atoms with Crippen molar-refractivity contribution in [2.45, 2.75) is 31.6 Å². The number of benzene rings is 3. The van der Waals surface area contributed by atoms with Gasteiger partial charge >= 0.3 is 12.1 Å². The molecule has 5 heteroatoms. The molecule has 1 aliphatic heterocycles. The lowest BCUT2D eigenvalue weighted by molar-refractivity contribution is -0.141. The van der Waals surface area contributed by atoms with Crippen LogP contribution in [0.1, 0.15) is 53.9 Å². The van der Waals surface area contributed by atoms with Crippen molar-refractivity contribution in [1.29, 1.82) is 0 Å². The third-order valence-electron chi connectivity index (χ3n) is 7.26. The minimum absolute atomic E-state index is 0.0198. The normalized spacial score (nSPS) is 19.2.